The average molecular weight is 1130 g/mol. The van der Waals surface area contributed by atoms with Crippen LogP contribution in [0.25, 0.3) is 0 Å². The number of aromatic nitrogens is 2. The minimum atomic E-state index is -2.00. The van der Waals surface area contributed by atoms with Crippen molar-refractivity contribution < 1.29 is 68.1 Å². The van der Waals surface area contributed by atoms with E-state index in [4.69, 9.17) is 17.2 Å². The van der Waals surface area contributed by atoms with Crippen molar-refractivity contribution in [1.29, 1.82) is 0 Å². The van der Waals surface area contributed by atoms with Gasteiger partial charge in [-0.25, -0.2) is 4.98 Å². The molecule has 10 amide bonds. The predicted molar refractivity (Wildman–Crippen MR) is 289 cm³/mol. The van der Waals surface area contributed by atoms with E-state index in [9.17, 15) is 68.1 Å². The number of carboxylic acids is 1. The summed E-state index contributed by atoms with van der Waals surface area (Å²) in [5, 5.41) is 52.5. The van der Waals surface area contributed by atoms with Gasteiger partial charge in [-0.05, 0) is 75.0 Å². The predicted octanol–water partition coefficient (Wildman–Crippen LogP) is -4.57. The highest BCUT2D eigenvalue weighted by molar-refractivity contribution is 7.98. The SMILES string of the molecule is CSCC[C@H](NC(=O)[C@H](CC(C)C)NC(=O)CNC(=O)[C@@H](NC(=O)[C@H](Cc1ccccc1)NC(=O)[C@H](CO)NC(=O)[C@H](CC(=O)O)NC(=O)[C@@H](NC(=O)[C@H](CCCCN)NC(=O)[C@@H](N)Cc1cnc[nH]1)C(C)O)C(C)C)C(N)=O. The molecule has 0 aliphatic heterocycles. The molecule has 0 saturated carbocycles. The first-order valence-electron chi connectivity index (χ1n) is 25.8. The molecule has 29 heteroatoms. The molecule has 1 aromatic heterocycles. The van der Waals surface area contributed by atoms with Crippen LogP contribution in [0.3, 0.4) is 0 Å². The number of H-pyrrole nitrogens is 1. The Balaban J connectivity index is 2.27. The molecule has 0 fully saturated rings. The number of primary amides is 1. The van der Waals surface area contributed by atoms with Gasteiger partial charge < -0.3 is 85.4 Å². The Bertz CT molecular complexity index is 2330. The number of hydrogen-bond donors (Lipinski definition) is 16. The fraction of sp³-hybridized carbons (Fsp3) is 0.600. The molecule has 1 heterocycles. The van der Waals surface area contributed by atoms with Gasteiger partial charge in [0.2, 0.25) is 59.1 Å². The zero-order valence-corrected chi connectivity index (χ0v) is 46.2. The van der Waals surface area contributed by atoms with Gasteiger partial charge >= 0.3 is 5.97 Å². The van der Waals surface area contributed by atoms with E-state index in [1.54, 1.807) is 44.2 Å². The number of benzene rings is 1. The molecule has 2 rings (SSSR count). The van der Waals surface area contributed by atoms with E-state index in [2.05, 4.69) is 57.8 Å². The standard InChI is InChI=1S/C50H80N14O14S/c1-26(2)18-34(45(73)58-32(42(53)70)15-17-79-6)57-38(67)23-55-49(77)40(27(3)4)63-47(75)35(19-29-12-8-7-9-13-29)60-48(76)37(24-65)62-46(74)36(21-39(68)69)61-50(78)41(28(5)66)64-44(72)33(14-10-11-16-51)59-43(71)31(52)20-30-22-54-25-56-30/h7-9,12-13,22,25-28,31-37,40-41,65-66H,10-11,14-21,23-24,51-52H2,1-6H3,(H2,53,70)(H,54,56)(H,55,77)(H,57,67)(H,58,73)(H,59,71)(H,60,76)(H,61,78)(H,62,74)(H,63,75)(H,64,72)(H,68,69)/t28?,31-,32-,33-,34-,35-,36-,37-,40-,41-/m0/s1. The summed E-state index contributed by atoms with van der Waals surface area (Å²) in [6, 6.07) is -4.78. The van der Waals surface area contributed by atoms with E-state index >= 15 is 0 Å². The maximum Gasteiger partial charge on any atom is 0.305 e. The van der Waals surface area contributed by atoms with E-state index < -0.39 is 151 Å². The molecule has 19 N–H and O–H groups in total. The number of carbonyl (C=O) groups excluding carboxylic acids is 10. The Hall–Kier alpha value is -7.21. The van der Waals surface area contributed by atoms with E-state index in [1.165, 1.54) is 24.3 Å². The largest absolute Gasteiger partial charge is 0.481 e. The number of hydrogen-bond acceptors (Lipinski definition) is 17. The molecule has 0 aliphatic rings. The maximum absolute atomic E-state index is 14.1. The van der Waals surface area contributed by atoms with Gasteiger partial charge in [0.25, 0.3) is 0 Å². The number of nitrogens with one attached hydrogen (secondary N) is 10. The molecule has 79 heavy (non-hydrogen) atoms. The molecular weight excluding hydrogens is 1050 g/mol. The zero-order chi connectivity index (χ0) is 59.4. The number of aliphatic hydroxyl groups excluding tert-OH is 2. The van der Waals surface area contributed by atoms with Crippen molar-refractivity contribution in [2.45, 2.75) is 146 Å². The van der Waals surface area contributed by atoms with Crippen molar-refractivity contribution in [3.8, 4) is 0 Å². The molecule has 0 aliphatic carbocycles. The third-order valence-electron chi connectivity index (χ3n) is 12.0. The van der Waals surface area contributed by atoms with Gasteiger partial charge in [0.1, 0.15) is 48.3 Å². The van der Waals surface area contributed by atoms with Crippen LogP contribution in [-0.2, 0) is 65.6 Å². The Morgan fingerprint density at radius 3 is 1.78 bits per heavy atom. The molecule has 440 valence electrons. The van der Waals surface area contributed by atoms with Gasteiger partial charge in [-0.15, -0.1) is 0 Å². The third-order valence-corrected chi connectivity index (χ3v) is 12.7. The smallest absolute Gasteiger partial charge is 0.305 e. The lowest BCUT2D eigenvalue weighted by atomic mass is 10.0. The van der Waals surface area contributed by atoms with E-state index in [0.717, 1.165) is 6.92 Å². The van der Waals surface area contributed by atoms with Gasteiger partial charge in [0.15, 0.2) is 0 Å². The highest BCUT2D eigenvalue weighted by atomic mass is 32.2. The van der Waals surface area contributed by atoms with Crippen molar-refractivity contribution in [3.05, 3.63) is 54.1 Å². The number of unbranched alkanes of at least 4 members (excludes halogenated alkanes) is 1. The average Bonchev–Trinajstić information content (AvgIpc) is 3.90. The second-order valence-corrected chi connectivity index (χ2v) is 20.5. The fourth-order valence-electron chi connectivity index (χ4n) is 7.68. The number of amides is 10. The van der Waals surface area contributed by atoms with Crippen molar-refractivity contribution in [2.24, 2.45) is 29.0 Å². The Morgan fingerprint density at radius 2 is 1.23 bits per heavy atom. The van der Waals surface area contributed by atoms with Gasteiger partial charge in [-0.2, -0.15) is 11.8 Å². The Morgan fingerprint density at radius 1 is 0.658 bits per heavy atom. The number of thioether (sulfide) groups is 1. The lowest BCUT2D eigenvalue weighted by Crippen LogP contribution is -2.62. The molecule has 10 atom stereocenters. The highest BCUT2D eigenvalue weighted by Crippen LogP contribution is 2.11. The number of carboxylic acid groups (broad SMARTS) is 1. The number of imidazole rings is 1. The Kier molecular flexibility index (Phi) is 30.4. The summed E-state index contributed by atoms with van der Waals surface area (Å²) in [5.74, 6) is -11.1. The summed E-state index contributed by atoms with van der Waals surface area (Å²) in [6.07, 6.45) is 3.01. The number of rotatable bonds is 37. The van der Waals surface area contributed by atoms with Crippen LogP contribution in [-0.4, -0.2) is 183 Å². The first-order chi connectivity index (χ1) is 37.3. The number of nitrogens with two attached hydrogens (primary N) is 3. The number of aromatic amines is 1. The topological polar surface area (TPSA) is 463 Å². The molecule has 0 radical (unpaired) electrons. The van der Waals surface area contributed by atoms with Crippen LogP contribution in [0.5, 0.6) is 0 Å². The van der Waals surface area contributed by atoms with Gasteiger partial charge in [0.05, 0.1) is 38.0 Å². The first kappa shape index (κ1) is 67.9. The molecule has 1 aromatic carbocycles. The second kappa shape index (κ2) is 35.3. The number of carbonyl (C=O) groups is 11. The molecule has 0 saturated heterocycles. The van der Waals surface area contributed by atoms with Crippen molar-refractivity contribution in [3.63, 3.8) is 0 Å². The van der Waals surface area contributed by atoms with Crippen LogP contribution in [0.4, 0.5) is 0 Å². The van der Waals surface area contributed by atoms with Crippen LogP contribution < -0.4 is 65.1 Å². The second-order valence-electron chi connectivity index (χ2n) is 19.6. The summed E-state index contributed by atoms with van der Waals surface area (Å²) < 4.78 is 0. The number of nitrogens with zero attached hydrogens (tertiary/aromatic N) is 1. The van der Waals surface area contributed by atoms with E-state index in [0.29, 0.717) is 29.9 Å². The lowest BCUT2D eigenvalue weighted by Gasteiger charge is -2.28. The van der Waals surface area contributed by atoms with Crippen molar-refractivity contribution in [1.82, 2.24) is 57.8 Å². The molecule has 0 bridgehead atoms. The van der Waals surface area contributed by atoms with Crippen molar-refractivity contribution >= 4 is 76.8 Å². The van der Waals surface area contributed by atoms with Gasteiger partial charge in [0, 0.05) is 24.7 Å². The first-order valence-corrected chi connectivity index (χ1v) is 27.2. The summed E-state index contributed by atoms with van der Waals surface area (Å²) in [7, 11) is 0. The van der Waals surface area contributed by atoms with Crippen LogP contribution in [0.1, 0.15) is 84.4 Å². The maximum atomic E-state index is 14.1. The number of aliphatic hydroxyl groups is 2. The molecule has 1 unspecified atom stereocenters. The minimum Gasteiger partial charge on any atom is -0.481 e. The number of aliphatic carboxylic acids is 1. The van der Waals surface area contributed by atoms with Gasteiger partial charge in [-0.3, -0.25) is 52.7 Å². The highest BCUT2D eigenvalue weighted by Gasteiger charge is 2.36. The Labute approximate surface area is 462 Å². The van der Waals surface area contributed by atoms with Crippen LogP contribution in [0.2, 0.25) is 0 Å². The van der Waals surface area contributed by atoms with Crippen LogP contribution in [0, 0.1) is 11.8 Å². The zero-order valence-electron chi connectivity index (χ0n) is 45.4. The molecule has 28 nitrogen and oxygen atoms in total. The van der Waals surface area contributed by atoms with Gasteiger partial charge in [-0.1, -0.05) is 58.0 Å². The normalized spacial score (nSPS) is 15.0. The lowest BCUT2D eigenvalue weighted by molar-refractivity contribution is -0.142. The van der Waals surface area contributed by atoms with Crippen LogP contribution >= 0.6 is 11.8 Å². The summed E-state index contributed by atoms with van der Waals surface area (Å²) in [6.45, 7) is 6.44. The summed E-state index contributed by atoms with van der Waals surface area (Å²) in [4.78, 5) is 153. The van der Waals surface area contributed by atoms with E-state index in [-0.39, 0.29) is 44.6 Å². The van der Waals surface area contributed by atoms with Crippen LogP contribution in [0.15, 0.2) is 42.9 Å². The molecular formula is C50H80N14O14S. The minimum absolute atomic E-state index is 0.0288. The molecule has 0 spiro atoms. The van der Waals surface area contributed by atoms with Crippen molar-refractivity contribution in [2.75, 3.05) is 31.7 Å². The summed E-state index contributed by atoms with van der Waals surface area (Å²) in [5.41, 5.74) is 18.2. The summed E-state index contributed by atoms with van der Waals surface area (Å²) >= 11 is 1.45. The third kappa shape index (κ3) is 25.0. The van der Waals surface area contributed by atoms with E-state index in [1.807, 2.05) is 20.1 Å². The fourth-order valence-corrected chi connectivity index (χ4v) is 8.15. The quantitative estimate of drug-likeness (QED) is 0.0283. The molecule has 2 aromatic rings. The monoisotopic (exact) mass is 1130 g/mol.